The lowest BCUT2D eigenvalue weighted by Crippen LogP contribution is -2.31. The first-order valence-electron chi connectivity index (χ1n) is 19.5. The molecule has 11 rings (SSSR count). The van der Waals surface area contributed by atoms with Crippen molar-refractivity contribution < 1.29 is 0 Å². The van der Waals surface area contributed by atoms with Crippen LogP contribution in [0.4, 0.5) is 0 Å². The molecule has 4 heteroatoms. The average Bonchev–Trinajstić information content (AvgIpc) is 3.71. The van der Waals surface area contributed by atoms with Crippen LogP contribution in [0.1, 0.15) is 37.8 Å². The molecule has 9 aromatic rings. The Hall–Kier alpha value is -6.91. The minimum Gasteiger partial charge on any atom is -0.278 e. The fraction of sp³-hybridized carbons (Fsp3) is 0.0962. The van der Waals surface area contributed by atoms with Crippen molar-refractivity contribution in [3.8, 4) is 62.1 Å². The van der Waals surface area contributed by atoms with Crippen molar-refractivity contribution in [1.82, 2.24) is 19.5 Å². The predicted octanol–water partition coefficient (Wildman–Crippen LogP) is 11.3. The molecule has 2 aliphatic carbocycles. The predicted molar refractivity (Wildman–Crippen MR) is 231 cm³/mol. The molecule has 2 aliphatic rings. The van der Waals surface area contributed by atoms with Crippen LogP contribution in [0.3, 0.4) is 0 Å². The van der Waals surface area contributed by atoms with E-state index in [-0.39, 0.29) is 5.41 Å². The Balaban J connectivity index is 1.12. The molecule has 2 heterocycles. The summed E-state index contributed by atoms with van der Waals surface area (Å²) in [5.41, 5.74) is 13.2. The van der Waals surface area contributed by atoms with Crippen LogP contribution in [0.2, 0.25) is 0 Å². The monoisotopic (exact) mass is 718 g/mol. The van der Waals surface area contributed by atoms with E-state index in [0.717, 1.165) is 34.8 Å². The third-order valence-electron chi connectivity index (χ3n) is 11.9. The van der Waals surface area contributed by atoms with Crippen LogP contribution in [0.25, 0.3) is 95.9 Å². The smallest absolute Gasteiger partial charge is 0.238 e. The Bertz CT molecular complexity index is 3100. The highest BCUT2D eigenvalue weighted by atomic mass is 15.2. The Morgan fingerprint density at radius 1 is 0.464 bits per heavy atom. The first-order chi connectivity index (χ1) is 27.5. The summed E-state index contributed by atoms with van der Waals surface area (Å²) < 4.78 is 2.24. The highest BCUT2D eigenvalue weighted by Crippen LogP contribution is 2.50. The normalized spacial score (nSPS) is 13.8. The van der Waals surface area contributed by atoms with Crippen LogP contribution in [0.15, 0.2) is 158 Å². The lowest BCUT2D eigenvalue weighted by molar-refractivity contribution is 0.660. The zero-order chi connectivity index (χ0) is 37.4. The summed E-state index contributed by atoms with van der Waals surface area (Å²) in [6, 6.07) is 56.8. The van der Waals surface area contributed by atoms with E-state index in [4.69, 9.17) is 15.0 Å². The van der Waals surface area contributed by atoms with Crippen LogP contribution in [-0.4, -0.2) is 19.5 Å². The molecule has 56 heavy (non-hydrogen) atoms. The second-order valence-corrected chi connectivity index (χ2v) is 15.5. The average molecular weight is 719 g/mol. The SMILES string of the molecule is CC1(C)c2ccccc2-c2ccc(-c3cc4ccccc4cc3-c3ccc4c(c3)c3c(n4-c4nc(-c5ccccc5)nc(-c5ccccc5)n4)=CCCC=3)cc21. The van der Waals surface area contributed by atoms with E-state index in [0.29, 0.717) is 17.6 Å². The minimum absolute atomic E-state index is 0.0814. The van der Waals surface area contributed by atoms with Crippen molar-refractivity contribution in [2.45, 2.75) is 32.1 Å². The van der Waals surface area contributed by atoms with E-state index >= 15 is 0 Å². The second-order valence-electron chi connectivity index (χ2n) is 15.5. The standard InChI is InChI=1S/C52H38N4/c1-52(2)45-23-13-11-21-39(45)40-27-25-38(32-46(40)52)43-30-36-20-10-9-19-35(36)29-42(43)37-26-28-48-44(31-37)41-22-12-14-24-47(41)56(48)51-54-49(33-15-5-3-6-16-33)53-50(55-51)34-17-7-4-8-18-34/h3-11,13,15-32H,12,14H2,1-2H3. The summed E-state index contributed by atoms with van der Waals surface area (Å²) in [4.78, 5) is 15.3. The lowest BCUT2D eigenvalue weighted by Gasteiger charge is -2.22. The first kappa shape index (κ1) is 32.5. The molecule has 7 aromatic carbocycles. The molecule has 0 saturated heterocycles. The van der Waals surface area contributed by atoms with E-state index in [1.54, 1.807) is 0 Å². The maximum absolute atomic E-state index is 5.16. The van der Waals surface area contributed by atoms with Crippen molar-refractivity contribution in [2.75, 3.05) is 0 Å². The highest BCUT2D eigenvalue weighted by molar-refractivity contribution is 5.99. The van der Waals surface area contributed by atoms with Gasteiger partial charge in [0.25, 0.3) is 0 Å². The Morgan fingerprint density at radius 2 is 1.04 bits per heavy atom. The summed E-state index contributed by atoms with van der Waals surface area (Å²) in [5.74, 6) is 1.93. The number of hydrogen-bond acceptors (Lipinski definition) is 3. The third kappa shape index (κ3) is 5.10. The number of nitrogens with zero attached hydrogens (tertiary/aromatic N) is 4. The topological polar surface area (TPSA) is 43.6 Å². The van der Waals surface area contributed by atoms with Crippen LogP contribution < -0.4 is 10.6 Å². The summed E-state index contributed by atoms with van der Waals surface area (Å²) in [5, 5.41) is 6.02. The molecule has 0 fully saturated rings. The van der Waals surface area contributed by atoms with Crippen molar-refractivity contribution in [1.29, 1.82) is 0 Å². The van der Waals surface area contributed by atoms with Gasteiger partial charge in [-0.3, -0.25) is 4.57 Å². The Morgan fingerprint density at radius 3 is 1.73 bits per heavy atom. The number of aromatic nitrogens is 4. The van der Waals surface area contributed by atoms with Gasteiger partial charge < -0.3 is 0 Å². The number of benzene rings is 7. The van der Waals surface area contributed by atoms with Crippen LogP contribution in [0.5, 0.6) is 0 Å². The van der Waals surface area contributed by atoms with Gasteiger partial charge in [0, 0.05) is 27.1 Å². The molecule has 0 atom stereocenters. The van der Waals surface area contributed by atoms with E-state index in [2.05, 4.69) is 152 Å². The quantitative estimate of drug-likeness (QED) is 0.178. The minimum atomic E-state index is -0.0814. The van der Waals surface area contributed by atoms with Gasteiger partial charge in [0.2, 0.25) is 5.95 Å². The molecule has 0 aliphatic heterocycles. The molecule has 0 N–H and O–H groups in total. The molecular formula is C52H38N4. The molecule has 2 aromatic heterocycles. The van der Waals surface area contributed by atoms with Gasteiger partial charge in [0.05, 0.1) is 10.9 Å². The summed E-state index contributed by atoms with van der Waals surface area (Å²) >= 11 is 0. The number of rotatable bonds is 5. The molecule has 266 valence electrons. The van der Waals surface area contributed by atoms with Crippen molar-refractivity contribution in [2.24, 2.45) is 0 Å². The van der Waals surface area contributed by atoms with Crippen LogP contribution in [0, 0.1) is 0 Å². The van der Waals surface area contributed by atoms with Gasteiger partial charge >= 0.3 is 0 Å². The first-order valence-corrected chi connectivity index (χ1v) is 19.5. The van der Waals surface area contributed by atoms with E-state index < -0.39 is 0 Å². The van der Waals surface area contributed by atoms with E-state index in [1.807, 2.05) is 36.4 Å². The molecule has 0 bridgehead atoms. The van der Waals surface area contributed by atoms with Gasteiger partial charge in [-0.1, -0.05) is 153 Å². The fourth-order valence-electron chi connectivity index (χ4n) is 9.07. The zero-order valence-electron chi connectivity index (χ0n) is 31.4. The number of fused-ring (bicyclic) bond motifs is 7. The van der Waals surface area contributed by atoms with Crippen LogP contribution >= 0.6 is 0 Å². The highest BCUT2D eigenvalue weighted by Gasteiger charge is 2.35. The van der Waals surface area contributed by atoms with E-state index in [9.17, 15) is 0 Å². The van der Waals surface area contributed by atoms with Gasteiger partial charge in [-0.05, 0) is 98.5 Å². The summed E-state index contributed by atoms with van der Waals surface area (Å²) in [7, 11) is 0. The Labute approximate surface area is 325 Å². The molecular weight excluding hydrogens is 681 g/mol. The van der Waals surface area contributed by atoms with Crippen LogP contribution in [-0.2, 0) is 5.41 Å². The van der Waals surface area contributed by atoms with Gasteiger partial charge in [0.15, 0.2) is 11.6 Å². The maximum atomic E-state index is 5.16. The molecule has 4 nitrogen and oxygen atoms in total. The maximum Gasteiger partial charge on any atom is 0.238 e. The van der Waals surface area contributed by atoms with Crippen molar-refractivity contribution in [3.05, 3.63) is 179 Å². The fourth-order valence-corrected chi connectivity index (χ4v) is 9.07. The molecule has 0 saturated carbocycles. The summed E-state index contributed by atoms with van der Waals surface area (Å²) in [6.07, 6.45) is 6.68. The second kappa shape index (κ2) is 12.6. The largest absolute Gasteiger partial charge is 0.278 e. The lowest BCUT2D eigenvalue weighted by atomic mass is 9.81. The molecule has 0 amide bonds. The van der Waals surface area contributed by atoms with Crippen molar-refractivity contribution in [3.63, 3.8) is 0 Å². The molecule has 0 spiro atoms. The summed E-state index contributed by atoms with van der Waals surface area (Å²) in [6.45, 7) is 4.71. The third-order valence-corrected chi connectivity index (χ3v) is 11.9. The molecule has 0 unspecified atom stereocenters. The van der Waals surface area contributed by atoms with Gasteiger partial charge in [-0.15, -0.1) is 0 Å². The Kier molecular flexibility index (Phi) is 7.30. The van der Waals surface area contributed by atoms with E-state index in [1.165, 1.54) is 65.9 Å². The molecule has 0 radical (unpaired) electrons. The van der Waals surface area contributed by atoms with Gasteiger partial charge in [-0.2, -0.15) is 9.97 Å². The van der Waals surface area contributed by atoms with Gasteiger partial charge in [-0.25, -0.2) is 4.98 Å². The zero-order valence-corrected chi connectivity index (χ0v) is 31.4. The van der Waals surface area contributed by atoms with Gasteiger partial charge in [0.1, 0.15) is 0 Å². The number of hydrogen-bond donors (Lipinski definition) is 0. The van der Waals surface area contributed by atoms with Crippen molar-refractivity contribution >= 4 is 33.8 Å².